The fourth-order valence-corrected chi connectivity index (χ4v) is 1.10. The number of hydrogen-bond acceptors (Lipinski definition) is 8. The van der Waals surface area contributed by atoms with E-state index in [0.717, 1.165) is 12.1 Å². The second-order valence-corrected chi connectivity index (χ2v) is 3.63. The molecule has 12 heteroatoms. The Morgan fingerprint density at radius 3 is 1.62 bits per heavy atom. The van der Waals surface area contributed by atoms with Crippen LogP contribution in [-0.2, 0) is 20.3 Å². The summed E-state index contributed by atoms with van der Waals surface area (Å²) < 4.78 is 15.7. The molecule has 0 unspecified atom stereocenters. The van der Waals surface area contributed by atoms with Crippen molar-refractivity contribution in [3.63, 3.8) is 0 Å². The molecule has 0 radical (unpaired) electrons. The topological polar surface area (TPSA) is 218 Å². The molecule has 0 aromatic carbocycles. The summed E-state index contributed by atoms with van der Waals surface area (Å²) in [5.41, 5.74) is -0.968. The maximum atomic E-state index is 10.6. The Labute approximate surface area is 143 Å². The molecule has 11 nitrogen and oxygen atoms in total. The molecule has 4 N–H and O–H groups in total. The summed E-state index contributed by atoms with van der Waals surface area (Å²) in [6.45, 7) is 0. The predicted octanol–water partition coefficient (Wildman–Crippen LogP) is -3.02. The summed E-state index contributed by atoms with van der Waals surface area (Å²) in [6.07, 6.45) is 2.50. The number of carboxylic acids is 2. The number of pyridine rings is 2. The van der Waals surface area contributed by atoms with Gasteiger partial charge in [0.25, 0.3) is 0 Å². The molecule has 0 spiro atoms. The van der Waals surface area contributed by atoms with E-state index in [1.807, 2.05) is 0 Å². The van der Waals surface area contributed by atoms with E-state index in [4.69, 9.17) is 12.8 Å². The van der Waals surface area contributed by atoms with E-state index in [2.05, 4.69) is 9.97 Å². The van der Waals surface area contributed by atoms with Crippen molar-refractivity contribution < 1.29 is 61.2 Å². The summed E-state index contributed by atoms with van der Waals surface area (Å²) in [4.78, 5) is 26.9. The quantitative estimate of drug-likeness (QED) is 0.538. The molecule has 0 fully saturated rings. The van der Waals surface area contributed by atoms with Crippen molar-refractivity contribution in [3.05, 3.63) is 48.0 Å². The van der Waals surface area contributed by atoms with Gasteiger partial charge in [-0.05, 0) is 12.1 Å². The van der Waals surface area contributed by atoms with Crippen LogP contribution in [0.2, 0.25) is 0 Å². The molecule has 0 atom stereocenters. The van der Waals surface area contributed by atoms with Crippen LogP contribution in [0.4, 0.5) is 0 Å². The number of carboxylic acid groups (broad SMARTS) is 2. The third kappa shape index (κ3) is 8.55. The number of hydrogen-bond donors (Lipinski definition) is 2. The van der Waals surface area contributed by atoms with E-state index in [1.54, 1.807) is 0 Å². The maximum absolute atomic E-state index is 10.6. The Morgan fingerprint density at radius 2 is 1.42 bits per heavy atom. The van der Waals surface area contributed by atoms with Gasteiger partial charge in [0.15, 0.2) is 0 Å². The number of rotatable bonds is 2. The van der Waals surface area contributed by atoms with E-state index in [0.29, 0.717) is 0 Å². The zero-order valence-electron chi connectivity index (χ0n) is 12.6. The monoisotopic (exact) mass is 378 g/mol. The standard InChI is InChI=1S/2C6H5NO3.2H2O.O.V/c2*8-4-2-1-3-7-5(4)6(9)10;;;;/h2*1-3,8H,(H,9,10);2*1H2;;/q;;;;;+1/p-3. The Balaban J connectivity index is -0.000000313. The number of carbonyl (C=O) groups is 2. The molecule has 0 saturated heterocycles. The van der Waals surface area contributed by atoms with Crippen molar-refractivity contribution in [1.29, 1.82) is 0 Å². The number of carbonyl (C=O) groups excluding carboxylic acids is 1. The van der Waals surface area contributed by atoms with Gasteiger partial charge in [0.2, 0.25) is 0 Å². The van der Waals surface area contributed by atoms with Crippen LogP contribution in [-0.4, -0.2) is 36.5 Å². The van der Waals surface area contributed by atoms with E-state index in [-0.39, 0.29) is 6.90 Å². The summed E-state index contributed by atoms with van der Waals surface area (Å²) in [7, 11) is 0. The molecule has 0 saturated carbocycles. The molecule has 0 amide bonds. The van der Waals surface area contributed by atoms with Gasteiger partial charge in [-0.15, -0.1) is 0 Å². The first-order chi connectivity index (χ1) is 10.8. The van der Waals surface area contributed by atoms with Crippen molar-refractivity contribution in [1.82, 2.24) is 9.97 Å². The van der Waals surface area contributed by atoms with Crippen LogP contribution >= 0.6 is 0 Å². The van der Waals surface area contributed by atoms with Crippen LogP contribution in [0.25, 0.3) is 0 Å². The fraction of sp³-hybridized carbons (Fsp3) is 0. The van der Waals surface area contributed by atoms with Crippen LogP contribution in [0.5, 0.6) is 11.5 Å². The van der Waals surface area contributed by atoms with Crippen molar-refractivity contribution >= 4 is 11.9 Å². The molecular formula is C12H11N2O9V-2. The van der Waals surface area contributed by atoms with Crippen molar-refractivity contribution in [3.8, 4) is 11.5 Å². The van der Waals surface area contributed by atoms with Crippen LogP contribution in [0, 0.1) is 0 Å². The molecule has 2 aromatic rings. The Hall–Kier alpha value is -2.86. The van der Waals surface area contributed by atoms with Crippen molar-refractivity contribution in [2.75, 3.05) is 0 Å². The predicted molar refractivity (Wildman–Crippen MR) is 66.3 cm³/mol. The van der Waals surface area contributed by atoms with Gasteiger partial charge in [0.05, 0.1) is 11.7 Å². The number of aromatic nitrogens is 2. The molecule has 2 heterocycles. The minimum absolute atomic E-state index is 0. The van der Waals surface area contributed by atoms with Crippen LogP contribution < -0.4 is 15.3 Å². The van der Waals surface area contributed by atoms with Gasteiger partial charge in [-0.1, -0.05) is 23.6 Å². The van der Waals surface area contributed by atoms with Gasteiger partial charge in [0.1, 0.15) is 5.69 Å². The van der Waals surface area contributed by atoms with Crippen LogP contribution in [0.1, 0.15) is 22.4 Å². The average molecular weight is 378 g/mol. The molecule has 0 aliphatic carbocycles. The zero-order chi connectivity index (χ0) is 17.8. The normalized spacial score (nSPS) is 8.21. The van der Waals surface area contributed by atoms with Crippen LogP contribution in [0.3, 0.4) is 0 Å². The summed E-state index contributed by atoms with van der Waals surface area (Å²) in [6, 6.07) is 5.05. The average Bonchev–Trinajstić information content (AvgIpc) is 2.49. The van der Waals surface area contributed by atoms with Gasteiger partial charge in [-0.2, -0.15) is 0 Å². The third-order valence-electron chi connectivity index (χ3n) is 1.94. The van der Waals surface area contributed by atoms with Gasteiger partial charge >= 0.3 is 31.7 Å². The Bertz CT molecular complexity index is 632. The summed E-state index contributed by atoms with van der Waals surface area (Å²) in [5.74, 6) is -4.01. The molecule has 2 aromatic heterocycles. The van der Waals surface area contributed by atoms with Gasteiger partial charge in [0, 0.05) is 12.4 Å². The third-order valence-corrected chi connectivity index (χ3v) is 1.94. The van der Waals surface area contributed by atoms with Crippen molar-refractivity contribution in [2.45, 2.75) is 0 Å². The number of nitrogens with zero attached hydrogens (tertiary/aromatic N) is 2. The second kappa shape index (κ2) is 12.7. The van der Waals surface area contributed by atoms with Gasteiger partial charge < -0.3 is 30.7 Å². The first kappa shape index (κ1) is 23.4. The first-order valence-electron chi connectivity index (χ1n) is 5.50. The van der Waals surface area contributed by atoms with Crippen LogP contribution in [0.15, 0.2) is 36.7 Å². The SMILES string of the molecule is O.O=C(O)c1ncccc1[O-].O=C([O-])c1ncccc1[O-].[H+].[O]=[V][OH]. The zero-order valence-corrected chi connectivity index (χ0v) is 13.0. The van der Waals surface area contributed by atoms with Gasteiger partial charge in [-0.25, -0.2) is 9.78 Å². The van der Waals surface area contributed by atoms with E-state index in [1.165, 1.54) is 24.5 Å². The molecule has 0 aliphatic heterocycles. The van der Waals surface area contributed by atoms with Crippen molar-refractivity contribution in [2.24, 2.45) is 0 Å². The molecular weight excluding hydrogens is 367 g/mol. The molecule has 0 bridgehead atoms. The summed E-state index contributed by atoms with van der Waals surface area (Å²) >= 11 is -1.56. The number of aromatic carboxylic acids is 2. The fourth-order valence-electron chi connectivity index (χ4n) is 1.10. The van der Waals surface area contributed by atoms with E-state index >= 15 is 0 Å². The molecule has 2 rings (SSSR count). The summed E-state index contributed by atoms with van der Waals surface area (Å²) in [5, 5.41) is 39.5. The van der Waals surface area contributed by atoms with E-state index in [9.17, 15) is 24.9 Å². The molecule has 24 heavy (non-hydrogen) atoms. The molecule has 0 aliphatic rings. The Morgan fingerprint density at radius 1 is 1.04 bits per heavy atom. The Kier molecular flexibility index (Phi) is 12.4. The molecule has 130 valence electrons. The first-order valence-corrected chi connectivity index (χ1v) is 6.70. The van der Waals surface area contributed by atoms with Gasteiger partial charge in [-0.3, -0.25) is 4.98 Å². The second-order valence-electron chi connectivity index (χ2n) is 3.37. The van der Waals surface area contributed by atoms with E-state index < -0.39 is 51.4 Å². The minimum atomic E-state index is -1.56.